The average molecular weight is 293 g/mol. The predicted octanol–water partition coefficient (Wildman–Crippen LogP) is 2.61. The van der Waals surface area contributed by atoms with Crippen LogP contribution in [0.3, 0.4) is 0 Å². The number of hydrogen-bond acceptors (Lipinski definition) is 4. The number of carbonyl (C=O) groups is 1. The van der Waals surface area contributed by atoms with Gasteiger partial charge in [-0.2, -0.15) is 0 Å². The number of aromatic hydroxyl groups is 1. The molecule has 3 rings (SSSR count). The second-order valence-corrected chi connectivity index (χ2v) is 5.07. The van der Waals surface area contributed by atoms with E-state index in [-0.39, 0.29) is 11.7 Å². The summed E-state index contributed by atoms with van der Waals surface area (Å²) in [5, 5.41) is 9.28. The van der Waals surface area contributed by atoms with Crippen LogP contribution >= 0.6 is 0 Å². The number of phenolic OH excluding ortho intramolecular Hbond substituents is 1. The van der Waals surface area contributed by atoms with E-state index in [1.807, 2.05) is 24.3 Å². The Balaban J connectivity index is 1.80. The summed E-state index contributed by atoms with van der Waals surface area (Å²) >= 11 is 0. The minimum atomic E-state index is -0.189. The molecule has 110 valence electrons. The monoisotopic (exact) mass is 293 g/mol. The molecule has 0 saturated heterocycles. The zero-order valence-corrected chi connectivity index (χ0v) is 12.1. The van der Waals surface area contributed by atoms with Crippen molar-refractivity contribution in [3.05, 3.63) is 66.0 Å². The molecule has 0 aliphatic rings. The van der Waals surface area contributed by atoms with Crippen molar-refractivity contribution in [2.24, 2.45) is 0 Å². The Morgan fingerprint density at radius 3 is 2.50 bits per heavy atom. The second kappa shape index (κ2) is 5.81. The predicted molar refractivity (Wildman–Crippen MR) is 83.4 cm³/mol. The molecule has 1 aromatic heterocycles. The first-order valence-corrected chi connectivity index (χ1v) is 6.88. The molecule has 22 heavy (non-hydrogen) atoms. The topological polar surface area (TPSA) is 66.3 Å². The standard InChI is InChI=1S/C17H15N3O2/c1-20(11-12-6-8-13(21)9-7-12)17(22)16-10-18-14-4-2-3-5-15(14)19-16/h2-10,21H,11H2,1H3. The van der Waals surface area contributed by atoms with Gasteiger partial charge >= 0.3 is 0 Å². The highest BCUT2D eigenvalue weighted by molar-refractivity contribution is 5.93. The lowest BCUT2D eigenvalue weighted by Gasteiger charge is -2.16. The van der Waals surface area contributed by atoms with E-state index in [1.165, 1.54) is 6.20 Å². The highest BCUT2D eigenvalue weighted by Gasteiger charge is 2.14. The molecular weight excluding hydrogens is 278 g/mol. The van der Waals surface area contributed by atoms with Crippen molar-refractivity contribution in [3.8, 4) is 5.75 Å². The lowest BCUT2D eigenvalue weighted by atomic mass is 10.2. The van der Waals surface area contributed by atoms with E-state index >= 15 is 0 Å². The van der Waals surface area contributed by atoms with Crippen molar-refractivity contribution in [3.63, 3.8) is 0 Å². The number of aromatic nitrogens is 2. The summed E-state index contributed by atoms with van der Waals surface area (Å²) in [6.07, 6.45) is 1.50. The number of benzene rings is 2. The van der Waals surface area contributed by atoms with Crippen LogP contribution in [-0.4, -0.2) is 32.9 Å². The van der Waals surface area contributed by atoms with Crippen LogP contribution in [0.15, 0.2) is 54.7 Å². The van der Waals surface area contributed by atoms with Gasteiger partial charge in [0.15, 0.2) is 0 Å². The third kappa shape index (κ3) is 2.88. The molecule has 1 heterocycles. The molecule has 0 radical (unpaired) electrons. The smallest absolute Gasteiger partial charge is 0.274 e. The van der Waals surface area contributed by atoms with Crippen molar-refractivity contribution >= 4 is 16.9 Å². The molecule has 5 heteroatoms. The van der Waals surface area contributed by atoms with E-state index in [0.717, 1.165) is 11.1 Å². The zero-order chi connectivity index (χ0) is 15.5. The Hall–Kier alpha value is -2.95. The third-order valence-corrected chi connectivity index (χ3v) is 3.37. The number of para-hydroxylation sites is 2. The van der Waals surface area contributed by atoms with Gasteiger partial charge in [-0.05, 0) is 29.8 Å². The molecule has 2 aromatic carbocycles. The van der Waals surface area contributed by atoms with Gasteiger partial charge in [-0.1, -0.05) is 24.3 Å². The third-order valence-electron chi connectivity index (χ3n) is 3.37. The van der Waals surface area contributed by atoms with Crippen molar-refractivity contribution in [2.75, 3.05) is 7.05 Å². The first-order valence-electron chi connectivity index (χ1n) is 6.88. The molecule has 0 aliphatic heterocycles. The molecule has 0 bridgehead atoms. The van der Waals surface area contributed by atoms with Crippen molar-refractivity contribution < 1.29 is 9.90 Å². The summed E-state index contributed by atoms with van der Waals surface area (Å²) < 4.78 is 0. The van der Waals surface area contributed by atoms with Crippen LogP contribution in [0.5, 0.6) is 5.75 Å². The highest BCUT2D eigenvalue weighted by Crippen LogP contribution is 2.13. The van der Waals surface area contributed by atoms with Crippen molar-refractivity contribution in [1.29, 1.82) is 0 Å². The second-order valence-electron chi connectivity index (χ2n) is 5.07. The molecule has 0 spiro atoms. The van der Waals surface area contributed by atoms with Crippen LogP contribution in [-0.2, 0) is 6.54 Å². The van der Waals surface area contributed by atoms with Crippen molar-refractivity contribution in [2.45, 2.75) is 6.54 Å². The van der Waals surface area contributed by atoms with Crippen LogP contribution in [0.1, 0.15) is 16.1 Å². The van der Waals surface area contributed by atoms with E-state index < -0.39 is 0 Å². The molecule has 0 fully saturated rings. The Morgan fingerprint density at radius 2 is 1.77 bits per heavy atom. The van der Waals surface area contributed by atoms with Gasteiger partial charge in [0, 0.05) is 13.6 Å². The van der Waals surface area contributed by atoms with Crippen LogP contribution in [0.4, 0.5) is 0 Å². The van der Waals surface area contributed by atoms with Gasteiger partial charge in [0.25, 0.3) is 5.91 Å². The van der Waals surface area contributed by atoms with Gasteiger partial charge in [-0.3, -0.25) is 9.78 Å². The Labute approximate surface area is 127 Å². The molecule has 5 nitrogen and oxygen atoms in total. The summed E-state index contributed by atoms with van der Waals surface area (Å²) in [5.41, 5.74) is 2.72. The maximum atomic E-state index is 12.4. The number of fused-ring (bicyclic) bond motifs is 1. The number of phenols is 1. The largest absolute Gasteiger partial charge is 0.508 e. The van der Waals surface area contributed by atoms with Crippen LogP contribution in [0.25, 0.3) is 11.0 Å². The number of amides is 1. The molecule has 0 aliphatic carbocycles. The first kappa shape index (κ1) is 14.0. The lowest BCUT2D eigenvalue weighted by Crippen LogP contribution is -2.27. The molecule has 3 aromatic rings. The van der Waals surface area contributed by atoms with Crippen LogP contribution in [0, 0.1) is 0 Å². The number of hydrogen-bond donors (Lipinski definition) is 1. The molecule has 0 atom stereocenters. The van der Waals surface area contributed by atoms with Gasteiger partial charge in [0.1, 0.15) is 11.4 Å². The summed E-state index contributed by atoms with van der Waals surface area (Å²) in [7, 11) is 1.71. The number of nitrogens with zero attached hydrogens (tertiary/aromatic N) is 3. The maximum absolute atomic E-state index is 12.4. The average Bonchev–Trinajstić information content (AvgIpc) is 2.55. The molecule has 1 amide bonds. The van der Waals surface area contributed by atoms with Gasteiger partial charge in [-0.15, -0.1) is 0 Å². The van der Waals surface area contributed by atoms with Crippen LogP contribution < -0.4 is 0 Å². The summed E-state index contributed by atoms with van der Waals surface area (Å²) in [6.45, 7) is 0.438. The summed E-state index contributed by atoms with van der Waals surface area (Å²) in [5.74, 6) is 0.0180. The van der Waals surface area contributed by atoms with Crippen molar-refractivity contribution in [1.82, 2.24) is 14.9 Å². The van der Waals surface area contributed by atoms with E-state index in [0.29, 0.717) is 17.8 Å². The summed E-state index contributed by atoms with van der Waals surface area (Å²) in [6, 6.07) is 14.2. The van der Waals surface area contributed by atoms with E-state index in [9.17, 15) is 9.90 Å². The first-order chi connectivity index (χ1) is 10.6. The normalized spacial score (nSPS) is 10.6. The fourth-order valence-electron chi connectivity index (χ4n) is 2.20. The minimum Gasteiger partial charge on any atom is -0.508 e. The maximum Gasteiger partial charge on any atom is 0.274 e. The Bertz CT molecular complexity index is 816. The van der Waals surface area contributed by atoms with E-state index in [1.54, 1.807) is 36.2 Å². The molecule has 0 unspecified atom stereocenters. The zero-order valence-electron chi connectivity index (χ0n) is 12.1. The van der Waals surface area contributed by atoms with Crippen LogP contribution in [0.2, 0.25) is 0 Å². The fraction of sp³-hybridized carbons (Fsp3) is 0.118. The Kier molecular flexibility index (Phi) is 3.70. The quantitative estimate of drug-likeness (QED) is 0.806. The Morgan fingerprint density at radius 1 is 1.09 bits per heavy atom. The number of rotatable bonds is 3. The van der Waals surface area contributed by atoms with E-state index in [2.05, 4.69) is 9.97 Å². The highest BCUT2D eigenvalue weighted by atomic mass is 16.3. The lowest BCUT2D eigenvalue weighted by molar-refractivity contribution is 0.0779. The van der Waals surface area contributed by atoms with Gasteiger partial charge in [-0.25, -0.2) is 4.98 Å². The van der Waals surface area contributed by atoms with Gasteiger partial charge < -0.3 is 10.0 Å². The number of carbonyl (C=O) groups excluding carboxylic acids is 1. The van der Waals surface area contributed by atoms with Gasteiger partial charge in [0.2, 0.25) is 0 Å². The fourth-order valence-corrected chi connectivity index (χ4v) is 2.20. The summed E-state index contributed by atoms with van der Waals surface area (Å²) in [4.78, 5) is 22.6. The molecule has 1 N–H and O–H groups in total. The molecule has 0 saturated carbocycles. The molecular formula is C17H15N3O2. The minimum absolute atomic E-state index is 0.189. The SMILES string of the molecule is CN(Cc1ccc(O)cc1)C(=O)c1cnc2ccccc2n1. The van der Waals surface area contributed by atoms with E-state index in [4.69, 9.17) is 0 Å². The van der Waals surface area contributed by atoms with Gasteiger partial charge in [0.05, 0.1) is 17.2 Å².